The van der Waals surface area contributed by atoms with E-state index in [-0.39, 0.29) is 0 Å². The van der Waals surface area contributed by atoms with E-state index in [0.29, 0.717) is 17.1 Å². The number of halogens is 2. The van der Waals surface area contributed by atoms with Crippen molar-refractivity contribution in [1.29, 1.82) is 5.26 Å². The second-order valence-electron chi connectivity index (χ2n) is 3.66. The van der Waals surface area contributed by atoms with E-state index in [0.717, 1.165) is 16.0 Å². The Hall–Kier alpha value is -1.31. The Bertz CT molecular complexity index is 598. The molecular formula is C12H9BrClN3. The van der Waals surface area contributed by atoms with Gasteiger partial charge in [0, 0.05) is 11.2 Å². The Balaban J connectivity index is 2.31. The van der Waals surface area contributed by atoms with Gasteiger partial charge in [0.05, 0.1) is 18.2 Å². The van der Waals surface area contributed by atoms with Gasteiger partial charge in [0.1, 0.15) is 10.4 Å². The molecule has 0 unspecified atom stereocenters. The van der Waals surface area contributed by atoms with Crippen LogP contribution in [0.15, 0.2) is 29.0 Å². The molecule has 1 heterocycles. The molecule has 0 bridgehead atoms. The van der Waals surface area contributed by atoms with Crippen molar-refractivity contribution in [3.63, 3.8) is 0 Å². The predicted octanol–water partition coefficient (Wildman–Crippen LogP) is 3.53. The van der Waals surface area contributed by atoms with Gasteiger partial charge in [-0.05, 0) is 40.5 Å². The van der Waals surface area contributed by atoms with E-state index >= 15 is 0 Å². The third-order valence-electron chi connectivity index (χ3n) is 2.47. The average molecular weight is 311 g/mol. The van der Waals surface area contributed by atoms with Crippen LogP contribution in [-0.4, -0.2) is 9.55 Å². The van der Waals surface area contributed by atoms with Crippen LogP contribution >= 0.6 is 27.5 Å². The number of aryl methyl sites for hydroxylation is 1. The lowest BCUT2D eigenvalue weighted by molar-refractivity contribution is 0.762. The molecule has 3 nitrogen and oxygen atoms in total. The topological polar surface area (TPSA) is 41.6 Å². The summed E-state index contributed by atoms with van der Waals surface area (Å²) in [5, 5.41) is 9.36. The summed E-state index contributed by atoms with van der Waals surface area (Å²) in [6, 6.07) is 7.38. The Labute approximate surface area is 113 Å². The molecule has 17 heavy (non-hydrogen) atoms. The quantitative estimate of drug-likeness (QED) is 0.851. The van der Waals surface area contributed by atoms with Crippen molar-refractivity contribution < 1.29 is 0 Å². The summed E-state index contributed by atoms with van der Waals surface area (Å²) in [6.07, 6.45) is 1.91. The zero-order valence-corrected chi connectivity index (χ0v) is 11.5. The molecule has 0 fully saturated rings. The number of nitrogens with zero attached hydrogens (tertiary/aromatic N) is 3. The number of hydrogen-bond acceptors (Lipinski definition) is 2. The van der Waals surface area contributed by atoms with Crippen LogP contribution in [0.1, 0.15) is 17.0 Å². The minimum Gasteiger partial charge on any atom is -0.329 e. The van der Waals surface area contributed by atoms with Crippen molar-refractivity contribution in [2.24, 2.45) is 0 Å². The summed E-state index contributed by atoms with van der Waals surface area (Å²) >= 11 is 9.45. The Morgan fingerprint density at radius 3 is 2.82 bits per heavy atom. The first-order valence-electron chi connectivity index (χ1n) is 4.98. The number of imidazole rings is 1. The van der Waals surface area contributed by atoms with Crippen molar-refractivity contribution in [1.82, 2.24) is 9.55 Å². The molecule has 0 spiro atoms. The molecule has 0 atom stereocenters. The fraction of sp³-hybridized carbons (Fsp3) is 0.167. The predicted molar refractivity (Wildman–Crippen MR) is 69.9 cm³/mol. The second-order valence-corrected chi connectivity index (χ2v) is 4.88. The maximum atomic E-state index is 8.76. The van der Waals surface area contributed by atoms with E-state index < -0.39 is 0 Å². The van der Waals surface area contributed by atoms with Gasteiger partial charge in [0.25, 0.3) is 0 Å². The van der Waals surface area contributed by atoms with E-state index in [1.54, 1.807) is 12.1 Å². The first kappa shape index (κ1) is 12.2. The van der Waals surface area contributed by atoms with E-state index in [9.17, 15) is 0 Å². The minimum atomic E-state index is 0.572. The summed E-state index contributed by atoms with van der Waals surface area (Å²) in [7, 11) is 0. The largest absolute Gasteiger partial charge is 0.329 e. The Morgan fingerprint density at radius 1 is 1.53 bits per heavy atom. The first-order valence-corrected chi connectivity index (χ1v) is 6.15. The molecule has 0 aliphatic carbocycles. The first-order chi connectivity index (χ1) is 8.10. The normalized spacial score (nSPS) is 10.2. The zero-order chi connectivity index (χ0) is 12.4. The number of benzene rings is 1. The molecule has 86 valence electrons. The zero-order valence-electron chi connectivity index (χ0n) is 9.11. The SMILES string of the molecule is Cc1nc(Br)cn1Cc1ccc(C#N)cc1Cl. The number of rotatable bonds is 2. The average Bonchev–Trinajstić information content (AvgIpc) is 2.60. The lowest BCUT2D eigenvalue weighted by Gasteiger charge is -2.07. The van der Waals surface area contributed by atoms with Crippen LogP contribution in [0.3, 0.4) is 0 Å². The summed E-state index contributed by atoms with van der Waals surface area (Å²) < 4.78 is 2.80. The number of aromatic nitrogens is 2. The molecule has 0 radical (unpaired) electrons. The van der Waals surface area contributed by atoms with Gasteiger partial charge in [-0.3, -0.25) is 0 Å². The van der Waals surface area contributed by atoms with Crippen LogP contribution < -0.4 is 0 Å². The van der Waals surface area contributed by atoms with Crippen molar-refractivity contribution >= 4 is 27.5 Å². The summed E-state index contributed by atoms with van der Waals surface area (Å²) in [5.74, 6) is 0.914. The monoisotopic (exact) mass is 309 g/mol. The van der Waals surface area contributed by atoms with Gasteiger partial charge in [-0.25, -0.2) is 4.98 Å². The third-order valence-corrected chi connectivity index (χ3v) is 3.20. The van der Waals surface area contributed by atoms with Crippen LogP contribution in [0, 0.1) is 18.3 Å². The minimum absolute atomic E-state index is 0.572. The van der Waals surface area contributed by atoms with Gasteiger partial charge in [0.2, 0.25) is 0 Å². The lowest BCUT2D eigenvalue weighted by Crippen LogP contribution is -2.01. The highest BCUT2D eigenvalue weighted by atomic mass is 79.9. The van der Waals surface area contributed by atoms with Crippen molar-refractivity contribution in [2.75, 3.05) is 0 Å². The standard InChI is InChI=1S/C12H9BrClN3/c1-8-16-12(13)7-17(8)6-10-3-2-9(5-15)4-11(10)14/h2-4,7H,6H2,1H3. The maximum Gasteiger partial charge on any atom is 0.124 e. The fourth-order valence-electron chi connectivity index (χ4n) is 1.56. The van der Waals surface area contributed by atoms with Crippen LogP contribution in [0.4, 0.5) is 0 Å². The van der Waals surface area contributed by atoms with Gasteiger partial charge in [-0.1, -0.05) is 17.7 Å². The molecule has 0 aliphatic heterocycles. The van der Waals surface area contributed by atoms with E-state index in [4.69, 9.17) is 16.9 Å². The fourth-order valence-corrected chi connectivity index (χ4v) is 2.30. The van der Waals surface area contributed by atoms with E-state index in [2.05, 4.69) is 27.0 Å². The maximum absolute atomic E-state index is 8.76. The van der Waals surface area contributed by atoms with Crippen LogP contribution in [0.25, 0.3) is 0 Å². The smallest absolute Gasteiger partial charge is 0.124 e. The summed E-state index contributed by atoms with van der Waals surface area (Å²) in [6.45, 7) is 2.58. The van der Waals surface area contributed by atoms with E-state index in [1.807, 2.05) is 23.8 Å². The molecule has 2 rings (SSSR count). The molecular weight excluding hydrogens is 302 g/mol. The number of nitriles is 1. The molecule has 0 N–H and O–H groups in total. The molecule has 0 aliphatic rings. The van der Waals surface area contributed by atoms with Crippen molar-refractivity contribution in [3.8, 4) is 6.07 Å². The summed E-state index contributed by atoms with van der Waals surface area (Å²) in [4.78, 5) is 4.25. The lowest BCUT2D eigenvalue weighted by atomic mass is 10.1. The molecule has 0 saturated carbocycles. The number of hydrogen-bond donors (Lipinski definition) is 0. The van der Waals surface area contributed by atoms with Gasteiger partial charge in [0.15, 0.2) is 0 Å². The molecule has 2 aromatic rings. The van der Waals surface area contributed by atoms with Gasteiger partial charge in [-0.2, -0.15) is 5.26 Å². The van der Waals surface area contributed by atoms with Crippen molar-refractivity contribution in [3.05, 3.63) is 51.0 Å². The highest BCUT2D eigenvalue weighted by Crippen LogP contribution is 2.20. The molecule has 5 heteroatoms. The molecule has 0 saturated heterocycles. The molecule has 1 aromatic heterocycles. The molecule has 1 aromatic carbocycles. The van der Waals surface area contributed by atoms with Gasteiger partial charge >= 0.3 is 0 Å². The van der Waals surface area contributed by atoms with Gasteiger partial charge < -0.3 is 4.57 Å². The highest BCUT2D eigenvalue weighted by Gasteiger charge is 2.06. The van der Waals surface area contributed by atoms with Crippen molar-refractivity contribution in [2.45, 2.75) is 13.5 Å². The molecule has 0 amide bonds. The van der Waals surface area contributed by atoms with Crippen LogP contribution in [0.2, 0.25) is 5.02 Å². The highest BCUT2D eigenvalue weighted by molar-refractivity contribution is 9.10. The summed E-state index contributed by atoms with van der Waals surface area (Å²) in [5.41, 5.74) is 1.54. The third kappa shape index (κ3) is 2.68. The Kier molecular flexibility index (Phi) is 3.51. The second kappa shape index (κ2) is 4.91. The van der Waals surface area contributed by atoms with E-state index in [1.165, 1.54) is 0 Å². The van der Waals surface area contributed by atoms with Gasteiger partial charge in [-0.15, -0.1) is 0 Å². The van der Waals surface area contributed by atoms with Crippen LogP contribution in [0.5, 0.6) is 0 Å². The van der Waals surface area contributed by atoms with Crippen LogP contribution in [-0.2, 0) is 6.54 Å². The Morgan fingerprint density at radius 2 is 2.29 bits per heavy atom.